The first-order valence-corrected chi connectivity index (χ1v) is 9.16. The Bertz CT molecular complexity index is 925. The van der Waals surface area contributed by atoms with Gasteiger partial charge in [0.1, 0.15) is 16.8 Å². The van der Waals surface area contributed by atoms with E-state index in [9.17, 15) is 9.18 Å². The van der Waals surface area contributed by atoms with E-state index in [1.807, 2.05) is 24.3 Å². The second-order valence-electron chi connectivity index (χ2n) is 5.90. The Hall–Kier alpha value is -1.95. The molecule has 3 nitrogen and oxygen atoms in total. The van der Waals surface area contributed by atoms with Crippen molar-refractivity contribution >= 4 is 38.9 Å². The van der Waals surface area contributed by atoms with Gasteiger partial charge in [-0.05, 0) is 23.8 Å². The molecule has 0 saturated carbocycles. The van der Waals surface area contributed by atoms with E-state index in [-0.39, 0.29) is 17.8 Å². The summed E-state index contributed by atoms with van der Waals surface area (Å²) in [6.45, 7) is 1.38. The molecule has 3 aromatic rings. The van der Waals surface area contributed by atoms with Crippen LogP contribution >= 0.6 is 22.9 Å². The monoisotopic (exact) mass is 375 g/mol. The summed E-state index contributed by atoms with van der Waals surface area (Å²) >= 11 is 7.84. The first kappa shape index (κ1) is 16.5. The van der Waals surface area contributed by atoms with Crippen molar-refractivity contribution in [1.82, 2.24) is 4.90 Å². The molecule has 1 amide bonds. The fraction of sp³-hybridized carbons (Fsp3) is 0.211. The summed E-state index contributed by atoms with van der Waals surface area (Å²) in [4.78, 5) is 15.3. The van der Waals surface area contributed by atoms with E-state index >= 15 is 0 Å². The fourth-order valence-electron chi connectivity index (χ4n) is 3.01. The van der Waals surface area contributed by atoms with E-state index < -0.39 is 0 Å². The number of benzene rings is 2. The number of rotatable bonds is 2. The molecule has 2 heterocycles. The van der Waals surface area contributed by atoms with Crippen LogP contribution in [0.15, 0.2) is 48.5 Å². The third-order valence-electron chi connectivity index (χ3n) is 4.32. The number of ether oxygens (including phenoxy) is 1. The Morgan fingerprint density at radius 2 is 1.96 bits per heavy atom. The van der Waals surface area contributed by atoms with Crippen molar-refractivity contribution < 1.29 is 13.9 Å². The van der Waals surface area contributed by atoms with Gasteiger partial charge in [0.2, 0.25) is 0 Å². The molecule has 0 bridgehead atoms. The normalized spacial score (nSPS) is 17.8. The highest BCUT2D eigenvalue weighted by Crippen LogP contribution is 2.36. The van der Waals surface area contributed by atoms with Crippen molar-refractivity contribution in [3.8, 4) is 0 Å². The van der Waals surface area contributed by atoms with E-state index in [0.29, 0.717) is 29.6 Å². The standard InChI is InChI=1S/C19H15ClFNO2S/c20-17-14-3-1-2-4-16(14)25-18(17)19(23)22-9-10-24-15(11-22)12-5-7-13(21)8-6-12/h1-8,15H,9-11H2/t15-/m0/s1. The summed E-state index contributed by atoms with van der Waals surface area (Å²) < 4.78 is 19.9. The lowest BCUT2D eigenvalue weighted by atomic mass is 10.1. The Labute approximate surface area is 153 Å². The minimum atomic E-state index is -0.287. The van der Waals surface area contributed by atoms with E-state index in [4.69, 9.17) is 16.3 Å². The molecular formula is C19H15ClFNO2S. The molecule has 0 aliphatic carbocycles. The number of halogens is 2. The van der Waals surface area contributed by atoms with Crippen LogP contribution in [0.2, 0.25) is 5.02 Å². The van der Waals surface area contributed by atoms with Gasteiger partial charge in [0, 0.05) is 16.6 Å². The van der Waals surface area contributed by atoms with Crippen LogP contribution in [0.25, 0.3) is 10.1 Å². The second kappa shape index (κ2) is 6.75. The van der Waals surface area contributed by atoms with Crippen LogP contribution in [0.3, 0.4) is 0 Å². The van der Waals surface area contributed by atoms with Crippen LogP contribution in [0.1, 0.15) is 21.3 Å². The molecule has 1 atom stereocenters. The van der Waals surface area contributed by atoms with Crippen LogP contribution in [0, 0.1) is 5.82 Å². The van der Waals surface area contributed by atoms with Crippen molar-refractivity contribution in [3.63, 3.8) is 0 Å². The molecule has 2 aromatic carbocycles. The van der Waals surface area contributed by atoms with Crippen molar-refractivity contribution in [1.29, 1.82) is 0 Å². The third-order valence-corrected chi connectivity index (χ3v) is 5.99. The first-order chi connectivity index (χ1) is 12.1. The summed E-state index contributed by atoms with van der Waals surface area (Å²) in [5.74, 6) is -0.369. The average Bonchev–Trinajstić information content (AvgIpc) is 2.99. The van der Waals surface area contributed by atoms with Crippen molar-refractivity contribution in [2.75, 3.05) is 19.7 Å². The number of hydrogen-bond acceptors (Lipinski definition) is 3. The van der Waals surface area contributed by atoms with Crippen molar-refractivity contribution in [2.45, 2.75) is 6.10 Å². The maximum atomic E-state index is 13.1. The highest BCUT2D eigenvalue weighted by molar-refractivity contribution is 7.21. The highest BCUT2D eigenvalue weighted by atomic mass is 35.5. The molecule has 0 spiro atoms. The van der Waals surface area contributed by atoms with Crippen molar-refractivity contribution in [2.24, 2.45) is 0 Å². The summed E-state index contributed by atoms with van der Waals surface area (Å²) in [5, 5.41) is 1.41. The molecule has 0 unspecified atom stereocenters. The lowest BCUT2D eigenvalue weighted by Gasteiger charge is -2.33. The van der Waals surface area contributed by atoms with Crippen LogP contribution in [-0.4, -0.2) is 30.5 Å². The summed E-state index contributed by atoms with van der Waals surface area (Å²) in [6, 6.07) is 13.9. The quantitative estimate of drug-likeness (QED) is 0.637. The zero-order chi connectivity index (χ0) is 17.4. The molecule has 128 valence electrons. The lowest BCUT2D eigenvalue weighted by molar-refractivity contribution is -0.0226. The topological polar surface area (TPSA) is 29.5 Å². The van der Waals surface area contributed by atoms with E-state index in [2.05, 4.69) is 0 Å². The molecule has 1 saturated heterocycles. The zero-order valence-corrected chi connectivity index (χ0v) is 14.8. The number of fused-ring (bicyclic) bond motifs is 1. The Kier molecular flexibility index (Phi) is 4.46. The molecule has 1 fully saturated rings. The largest absolute Gasteiger partial charge is 0.370 e. The van der Waals surface area contributed by atoms with E-state index in [0.717, 1.165) is 15.6 Å². The zero-order valence-electron chi connectivity index (χ0n) is 13.2. The van der Waals surface area contributed by atoms with Gasteiger partial charge in [0.05, 0.1) is 18.2 Å². The lowest BCUT2D eigenvalue weighted by Crippen LogP contribution is -2.42. The number of carbonyl (C=O) groups excluding carboxylic acids is 1. The maximum Gasteiger partial charge on any atom is 0.265 e. The highest BCUT2D eigenvalue weighted by Gasteiger charge is 2.28. The molecule has 1 aromatic heterocycles. The number of nitrogens with zero attached hydrogens (tertiary/aromatic N) is 1. The minimum absolute atomic E-state index is 0.0818. The molecule has 0 N–H and O–H groups in total. The van der Waals surface area contributed by atoms with Gasteiger partial charge in [-0.2, -0.15) is 0 Å². The Morgan fingerprint density at radius 3 is 2.72 bits per heavy atom. The second-order valence-corrected chi connectivity index (χ2v) is 7.33. The summed E-state index contributed by atoms with van der Waals surface area (Å²) in [7, 11) is 0. The molecule has 4 rings (SSSR count). The van der Waals surface area contributed by atoms with Gasteiger partial charge in [-0.1, -0.05) is 41.9 Å². The minimum Gasteiger partial charge on any atom is -0.370 e. The van der Waals surface area contributed by atoms with Gasteiger partial charge in [0.25, 0.3) is 5.91 Å². The van der Waals surface area contributed by atoms with Crippen LogP contribution in [0.5, 0.6) is 0 Å². The van der Waals surface area contributed by atoms with Gasteiger partial charge < -0.3 is 9.64 Å². The number of morpholine rings is 1. The van der Waals surface area contributed by atoms with Crippen molar-refractivity contribution in [3.05, 3.63) is 69.8 Å². The number of hydrogen-bond donors (Lipinski definition) is 0. The number of thiophene rings is 1. The average molecular weight is 376 g/mol. The van der Waals surface area contributed by atoms with Crippen LogP contribution in [0.4, 0.5) is 4.39 Å². The summed E-state index contributed by atoms with van der Waals surface area (Å²) in [6.07, 6.45) is -0.258. The first-order valence-electron chi connectivity index (χ1n) is 7.97. The molecule has 0 radical (unpaired) electrons. The van der Waals surface area contributed by atoms with E-state index in [1.54, 1.807) is 17.0 Å². The Balaban J connectivity index is 1.59. The predicted octanol–water partition coefficient (Wildman–Crippen LogP) is 4.91. The summed E-state index contributed by atoms with van der Waals surface area (Å²) in [5.41, 5.74) is 0.862. The van der Waals surface area contributed by atoms with Gasteiger partial charge in [-0.15, -0.1) is 11.3 Å². The Morgan fingerprint density at radius 1 is 1.20 bits per heavy atom. The molecule has 1 aliphatic heterocycles. The molecule has 1 aliphatic rings. The molecule has 6 heteroatoms. The third kappa shape index (κ3) is 3.15. The van der Waals surface area contributed by atoms with Crippen LogP contribution < -0.4 is 0 Å². The fourth-order valence-corrected chi connectivity index (χ4v) is 4.49. The molecule has 25 heavy (non-hydrogen) atoms. The maximum absolute atomic E-state index is 13.1. The number of carbonyl (C=O) groups is 1. The van der Waals surface area contributed by atoms with Gasteiger partial charge in [0.15, 0.2) is 0 Å². The predicted molar refractivity (Wildman–Crippen MR) is 97.8 cm³/mol. The molecular weight excluding hydrogens is 361 g/mol. The van der Waals surface area contributed by atoms with Gasteiger partial charge in [-0.25, -0.2) is 4.39 Å². The van der Waals surface area contributed by atoms with Gasteiger partial charge in [-0.3, -0.25) is 4.79 Å². The van der Waals surface area contributed by atoms with E-state index in [1.165, 1.54) is 23.5 Å². The number of amides is 1. The smallest absolute Gasteiger partial charge is 0.265 e. The van der Waals surface area contributed by atoms with Gasteiger partial charge >= 0.3 is 0 Å². The van der Waals surface area contributed by atoms with Crippen LogP contribution in [-0.2, 0) is 4.74 Å². The SMILES string of the molecule is O=C(c1sc2ccccc2c1Cl)N1CCO[C@H](c2ccc(F)cc2)C1.